The molecule has 0 aromatic heterocycles. The molecule has 3 rings (SSSR count). The Hall–Kier alpha value is -1.30. The van der Waals surface area contributed by atoms with E-state index in [-0.39, 0.29) is 31.4 Å². The standard InChI is InChI=1S/C36H65NO13/c1-13-25-36(9,44)31(41)19(4)27(38)17(2)16-35(8,43)32(50-34-29(40)23(37(10)11)14-18(3)46-34)20(5)30(21(6)33(42)48-25)49-26-15-24(45-12)28(39)22(7)47-26/h17-26,28-32,34,39-41,43-44H,13-16H2,1-12H3/t17-,18-,19-,20+,21+,22-,23+,24+,25+,26-,28+,29-,30+,31-,32-,34-,35-,36+/m1/s1. The number of carbonyl (C=O) groups excluding carboxylic acids is 2. The third-order valence-electron chi connectivity index (χ3n) is 11.3. The summed E-state index contributed by atoms with van der Waals surface area (Å²) >= 11 is 0. The van der Waals surface area contributed by atoms with Gasteiger partial charge in [0.2, 0.25) is 0 Å². The number of aliphatic hydroxyl groups is 5. The zero-order valence-corrected chi connectivity index (χ0v) is 32.0. The average molecular weight is 720 g/mol. The van der Waals surface area contributed by atoms with Crippen molar-refractivity contribution in [2.24, 2.45) is 23.7 Å². The van der Waals surface area contributed by atoms with Crippen LogP contribution in [-0.2, 0) is 38.0 Å². The van der Waals surface area contributed by atoms with Crippen LogP contribution in [0.4, 0.5) is 0 Å². The van der Waals surface area contributed by atoms with Crippen molar-refractivity contribution in [3.63, 3.8) is 0 Å². The van der Waals surface area contributed by atoms with Crippen LogP contribution in [0.5, 0.6) is 0 Å². The molecule has 0 amide bonds. The van der Waals surface area contributed by atoms with Crippen LogP contribution in [0, 0.1) is 23.7 Å². The Kier molecular flexibility index (Phi) is 14.9. The first-order chi connectivity index (χ1) is 23.1. The van der Waals surface area contributed by atoms with Gasteiger partial charge in [-0.1, -0.05) is 27.7 Å². The van der Waals surface area contributed by atoms with Crippen molar-refractivity contribution in [1.29, 1.82) is 0 Å². The summed E-state index contributed by atoms with van der Waals surface area (Å²) in [6.45, 7) is 14.6. The number of likely N-dealkylation sites (N-methyl/N-ethyl adjacent to an activating group) is 1. The first-order valence-corrected chi connectivity index (χ1v) is 18.1. The Morgan fingerprint density at radius 1 is 0.900 bits per heavy atom. The number of methoxy groups -OCH3 is 1. The van der Waals surface area contributed by atoms with Gasteiger partial charge in [-0.15, -0.1) is 0 Å². The number of aliphatic hydroxyl groups excluding tert-OH is 3. The summed E-state index contributed by atoms with van der Waals surface area (Å²) in [5, 5.41) is 57.2. The van der Waals surface area contributed by atoms with E-state index >= 15 is 0 Å². The fourth-order valence-electron chi connectivity index (χ4n) is 8.15. The number of nitrogens with zero attached hydrogens (tertiary/aromatic N) is 1. The highest BCUT2D eigenvalue weighted by Gasteiger charge is 2.52. The molecular weight excluding hydrogens is 654 g/mol. The van der Waals surface area contributed by atoms with E-state index in [9.17, 15) is 35.1 Å². The summed E-state index contributed by atoms with van der Waals surface area (Å²) in [6, 6.07) is -0.320. The minimum Gasteiger partial charge on any atom is -0.459 e. The molecular formula is C36H65NO13. The summed E-state index contributed by atoms with van der Waals surface area (Å²) < 4.78 is 36.7. The molecule has 0 aliphatic carbocycles. The fourth-order valence-corrected chi connectivity index (χ4v) is 8.15. The second kappa shape index (κ2) is 17.2. The topological polar surface area (TPSA) is 194 Å². The molecule has 0 aromatic carbocycles. The van der Waals surface area contributed by atoms with Gasteiger partial charge in [0.15, 0.2) is 12.6 Å². The van der Waals surface area contributed by atoms with Gasteiger partial charge in [0.1, 0.15) is 29.7 Å². The summed E-state index contributed by atoms with van der Waals surface area (Å²) in [7, 11) is 5.17. The minimum absolute atomic E-state index is 0.128. The number of rotatable bonds is 7. The van der Waals surface area contributed by atoms with E-state index in [1.165, 1.54) is 27.9 Å². The van der Waals surface area contributed by atoms with Gasteiger partial charge in [-0.25, -0.2) is 0 Å². The quantitative estimate of drug-likeness (QED) is 0.237. The van der Waals surface area contributed by atoms with Crippen LogP contribution < -0.4 is 0 Å². The zero-order valence-electron chi connectivity index (χ0n) is 32.0. The highest BCUT2D eigenvalue weighted by atomic mass is 16.7. The van der Waals surface area contributed by atoms with E-state index in [1.807, 2.05) is 25.9 Å². The van der Waals surface area contributed by atoms with Crippen LogP contribution in [0.1, 0.15) is 88.0 Å². The molecule has 3 heterocycles. The Morgan fingerprint density at radius 3 is 2.08 bits per heavy atom. The summed E-state index contributed by atoms with van der Waals surface area (Å²) in [5.41, 5.74) is -3.77. The SMILES string of the molecule is CC[C@@H]1OC(=O)[C@@H](C)[C@@H](O[C@@H]2C[C@H](OC)[C@@H](O)[C@@H](C)O2)[C@H](C)[C@@H](O[C@H]2O[C@H](C)C[C@H](N(C)C)[C@H]2O)[C@](C)(O)C[C@@H](C)C(=O)[C@@H](C)[C@@H](O)[C@@]1(C)O. The highest BCUT2D eigenvalue weighted by molar-refractivity contribution is 5.83. The zero-order chi connectivity index (χ0) is 38.0. The Labute approximate surface area is 297 Å². The van der Waals surface area contributed by atoms with Crippen LogP contribution in [0.3, 0.4) is 0 Å². The maximum Gasteiger partial charge on any atom is 0.311 e. The van der Waals surface area contributed by atoms with E-state index < -0.39 is 108 Å². The van der Waals surface area contributed by atoms with E-state index in [4.69, 9.17) is 28.4 Å². The Morgan fingerprint density at radius 2 is 1.52 bits per heavy atom. The van der Waals surface area contributed by atoms with Crippen LogP contribution in [0.15, 0.2) is 0 Å². The predicted molar refractivity (Wildman–Crippen MR) is 182 cm³/mol. The molecule has 0 bridgehead atoms. The van der Waals surface area contributed by atoms with Crippen molar-refractivity contribution in [3.8, 4) is 0 Å². The molecule has 0 unspecified atom stereocenters. The molecule has 292 valence electrons. The number of hydrogen-bond acceptors (Lipinski definition) is 14. The average Bonchev–Trinajstić information content (AvgIpc) is 3.04. The molecule has 14 nitrogen and oxygen atoms in total. The van der Waals surface area contributed by atoms with Gasteiger partial charge >= 0.3 is 5.97 Å². The van der Waals surface area contributed by atoms with Gasteiger partial charge in [0, 0.05) is 37.3 Å². The summed E-state index contributed by atoms with van der Waals surface area (Å²) in [4.78, 5) is 29.7. The van der Waals surface area contributed by atoms with Crippen molar-refractivity contribution >= 4 is 11.8 Å². The van der Waals surface area contributed by atoms with Crippen LogP contribution >= 0.6 is 0 Å². The largest absolute Gasteiger partial charge is 0.459 e. The van der Waals surface area contributed by atoms with Gasteiger partial charge in [0.25, 0.3) is 0 Å². The maximum absolute atomic E-state index is 14.0. The van der Waals surface area contributed by atoms with Gasteiger partial charge in [-0.2, -0.15) is 0 Å². The summed E-state index contributed by atoms with van der Waals surface area (Å²) in [6.07, 6.45) is -10.1. The smallest absolute Gasteiger partial charge is 0.311 e. The number of Topliss-reactive ketones (excluding diaryl/α,β-unsaturated/α-hetero) is 1. The molecule has 3 aliphatic rings. The van der Waals surface area contributed by atoms with Crippen molar-refractivity contribution in [1.82, 2.24) is 4.90 Å². The lowest BCUT2D eigenvalue weighted by Gasteiger charge is -2.48. The molecule has 0 aromatic rings. The van der Waals surface area contributed by atoms with E-state index in [2.05, 4.69) is 0 Å². The normalized spacial score (nSPS) is 49.0. The molecule has 3 saturated heterocycles. The van der Waals surface area contributed by atoms with E-state index in [1.54, 1.807) is 34.6 Å². The van der Waals surface area contributed by atoms with E-state index in [0.29, 0.717) is 6.42 Å². The number of cyclic esters (lactones) is 1. The second-order valence-electron chi connectivity index (χ2n) is 15.8. The fraction of sp³-hybridized carbons (Fsp3) is 0.944. The lowest BCUT2D eigenvalue weighted by molar-refractivity contribution is -0.311. The number of hydrogen-bond donors (Lipinski definition) is 5. The number of ketones is 1. The van der Waals surface area contributed by atoms with Crippen LogP contribution in [0.2, 0.25) is 0 Å². The minimum atomic E-state index is -1.99. The lowest BCUT2D eigenvalue weighted by atomic mass is 9.74. The van der Waals surface area contributed by atoms with Gasteiger partial charge in [-0.05, 0) is 68.0 Å². The maximum atomic E-state index is 14.0. The Balaban J connectivity index is 2.16. The molecule has 0 radical (unpaired) electrons. The van der Waals surface area contributed by atoms with Crippen molar-refractivity contribution in [2.45, 2.75) is 173 Å². The van der Waals surface area contributed by atoms with Crippen molar-refractivity contribution in [2.75, 3.05) is 21.2 Å². The van der Waals surface area contributed by atoms with Gasteiger partial charge < -0.3 is 58.9 Å². The number of esters is 1. The molecule has 14 heteroatoms. The molecule has 3 aliphatic heterocycles. The molecule has 0 saturated carbocycles. The molecule has 5 N–H and O–H groups in total. The van der Waals surface area contributed by atoms with Crippen LogP contribution in [-0.4, -0.2) is 148 Å². The third-order valence-corrected chi connectivity index (χ3v) is 11.3. The molecule has 3 fully saturated rings. The first-order valence-electron chi connectivity index (χ1n) is 18.1. The summed E-state index contributed by atoms with van der Waals surface area (Å²) in [5.74, 6) is -4.94. The third kappa shape index (κ3) is 9.43. The second-order valence-corrected chi connectivity index (χ2v) is 15.8. The monoisotopic (exact) mass is 719 g/mol. The lowest BCUT2D eigenvalue weighted by Crippen LogP contribution is -2.60. The molecule has 18 atom stereocenters. The molecule has 50 heavy (non-hydrogen) atoms. The predicted octanol–water partition coefficient (Wildman–Crippen LogP) is 1.40. The van der Waals surface area contributed by atoms with Crippen LogP contribution in [0.25, 0.3) is 0 Å². The number of ether oxygens (including phenoxy) is 6. The Bertz CT molecular complexity index is 1120. The van der Waals surface area contributed by atoms with E-state index in [0.717, 1.165) is 0 Å². The van der Waals surface area contributed by atoms with Crippen molar-refractivity contribution < 1.29 is 63.5 Å². The highest BCUT2D eigenvalue weighted by Crippen LogP contribution is 2.39. The molecule has 0 spiro atoms. The van der Waals surface area contributed by atoms with Gasteiger partial charge in [-0.3, -0.25) is 9.59 Å². The number of carbonyl (C=O) groups is 2. The first kappa shape index (κ1) is 43.1. The van der Waals surface area contributed by atoms with Gasteiger partial charge in [0.05, 0.1) is 48.1 Å². The van der Waals surface area contributed by atoms with Crippen molar-refractivity contribution in [3.05, 3.63) is 0 Å².